The minimum Gasteiger partial charge on any atom is -0.394 e. The average molecular weight is 693 g/mol. The molecule has 15 atom stereocenters. The van der Waals surface area contributed by atoms with Crippen LogP contribution in [-0.4, -0.2) is 158 Å². The molecule has 278 valence electrons. The van der Waals surface area contributed by atoms with Gasteiger partial charge in [0.25, 0.3) is 0 Å². The first-order chi connectivity index (χ1) is 22.7. The Balaban J connectivity index is 1.77. The molecule has 3 heterocycles. The molecule has 3 aliphatic heterocycles. The second kappa shape index (κ2) is 19.3. The van der Waals surface area contributed by atoms with Crippen LogP contribution in [0.25, 0.3) is 0 Å². The predicted molar refractivity (Wildman–Crippen MR) is 169 cm³/mol. The molecule has 3 aliphatic rings. The van der Waals surface area contributed by atoms with Crippen LogP contribution in [0.3, 0.4) is 0 Å². The highest BCUT2D eigenvalue weighted by molar-refractivity contribution is 5.06. The van der Waals surface area contributed by atoms with Crippen LogP contribution in [0.2, 0.25) is 0 Å². The van der Waals surface area contributed by atoms with E-state index in [1.54, 1.807) is 0 Å². The molecular formula is C33H56O15. The van der Waals surface area contributed by atoms with E-state index in [9.17, 15) is 40.9 Å². The highest BCUT2D eigenvalue weighted by Gasteiger charge is 2.53. The fourth-order valence-corrected chi connectivity index (χ4v) is 5.68. The second-order valence-corrected chi connectivity index (χ2v) is 13.0. The van der Waals surface area contributed by atoms with Crippen LogP contribution < -0.4 is 0 Å². The molecule has 0 bridgehead atoms. The highest BCUT2D eigenvalue weighted by atomic mass is 16.8. The summed E-state index contributed by atoms with van der Waals surface area (Å²) >= 11 is 0. The topological polar surface area (TPSA) is 237 Å². The van der Waals surface area contributed by atoms with E-state index in [4.69, 9.17) is 33.5 Å². The lowest BCUT2D eigenvalue weighted by atomic mass is 9.96. The summed E-state index contributed by atoms with van der Waals surface area (Å²) in [5, 5.41) is 92.6. The predicted octanol–water partition coefficient (Wildman–Crippen LogP) is -1.10. The van der Waals surface area contributed by atoms with Crippen molar-refractivity contribution in [1.29, 1.82) is 0 Å². The van der Waals surface area contributed by atoms with E-state index in [2.05, 4.69) is 13.0 Å². The standard InChI is InChI=1S/C33H56O15/c1-16(9-7-11-18(3)14-34)8-6-10-17(2)12-13-43-33-30(48-32-28(42)26(40)23(37)20(5)45-32)29(24(38)21(15-35)46-33)47-31-27(41)25(39)22(36)19(4)44-31/h8,11-12,19-42H,6-7,9-10,13-15H2,1-5H3. The number of hydrogen-bond acceptors (Lipinski definition) is 15. The summed E-state index contributed by atoms with van der Waals surface area (Å²) in [7, 11) is 0. The van der Waals surface area contributed by atoms with Crippen molar-refractivity contribution in [2.45, 2.75) is 152 Å². The summed E-state index contributed by atoms with van der Waals surface area (Å²) in [6.45, 7) is 8.19. The zero-order valence-electron chi connectivity index (χ0n) is 28.3. The molecule has 3 rings (SSSR count). The first-order valence-electron chi connectivity index (χ1n) is 16.5. The van der Waals surface area contributed by atoms with E-state index < -0.39 is 98.7 Å². The molecule has 15 nitrogen and oxygen atoms in total. The van der Waals surface area contributed by atoms with Gasteiger partial charge in [0.05, 0.1) is 32.0 Å². The molecule has 0 amide bonds. The van der Waals surface area contributed by atoms with Gasteiger partial charge >= 0.3 is 0 Å². The number of ether oxygens (including phenoxy) is 6. The zero-order valence-corrected chi connectivity index (χ0v) is 28.3. The van der Waals surface area contributed by atoms with Gasteiger partial charge in [-0.15, -0.1) is 0 Å². The molecule has 0 radical (unpaired) electrons. The fourth-order valence-electron chi connectivity index (χ4n) is 5.68. The molecule has 0 aromatic rings. The summed E-state index contributed by atoms with van der Waals surface area (Å²) in [5.74, 6) is 0. The molecule has 15 unspecified atom stereocenters. The summed E-state index contributed by atoms with van der Waals surface area (Å²) < 4.78 is 35.0. The van der Waals surface area contributed by atoms with Crippen molar-refractivity contribution >= 4 is 0 Å². The Morgan fingerprint density at radius 3 is 1.54 bits per heavy atom. The van der Waals surface area contributed by atoms with Crippen molar-refractivity contribution in [2.75, 3.05) is 19.8 Å². The minimum atomic E-state index is -1.74. The second-order valence-electron chi connectivity index (χ2n) is 13.0. The van der Waals surface area contributed by atoms with Gasteiger partial charge in [-0.25, -0.2) is 0 Å². The lowest BCUT2D eigenvalue weighted by Crippen LogP contribution is -2.66. The minimum absolute atomic E-state index is 0.00155. The smallest absolute Gasteiger partial charge is 0.187 e. The largest absolute Gasteiger partial charge is 0.394 e. The van der Waals surface area contributed by atoms with Gasteiger partial charge in [0, 0.05) is 0 Å². The third kappa shape index (κ3) is 10.8. The van der Waals surface area contributed by atoms with Crippen molar-refractivity contribution in [3.05, 3.63) is 34.9 Å². The van der Waals surface area contributed by atoms with Crippen LogP contribution in [0.5, 0.6) is 0 Å². The molecule has 0 spiro atoms. The van der Waals surface area contributed by atoms with Gasteiger partial charge in [-0.05, 0) is 60.3 Å². The lowest BCUT2D eigenvalue weighted by molar-refractivity contribution is -0.388. The van der Waals surface area contributed by atoms with Crippen molar-refractivity contribution in [1.82, 2.24) is 0 Å². The van der Waals surface area contributed by atoms with E-state index >= 15 is 0 Å². The van der Waals surface area contributed by atoms with Crippen LogP contribution in [0.1, 0.15) is 60.3 Å². The maximum Gasteiger partial charge on any atom is 0.187 e. The van der Waals surface area contributed by atoms with Crippen molar-refractivity contribution < 1.29 is 74.4 Å². The molecular weight excluding hydrogens is 636 g/mol. The lowest BCUT2D eigenvalue weighted by Gasteiger charge is -2.48. The first kappa shape index (κ1) is 41.0. The SMILES string of the molecule is CC(=CCCC(C)=CCCC(C)=CCOC1OC(CO)C(O)C(OC2OC(C)C(O)C(O)C2O)C1OC1OC(C)C(O)C(O)C1O)CO. The molecule has 0 aromatic heterocycles. The zero-order chi connectivity index (χ0) is 35.7. The number of allylic oxidation sites excluding steroid dienone is 4. The number of rotatable bonds is 15. The molecule has 0 aromatic carbocycles. The number of aliphatic hydroxyl groups is 9. The van der Waals surface area contributed by atoms with Crippen LogP contribution in [-0.2, 0) is 28.4 Å². The van der Waals surface area contributed by atoms with Crippen LogP contribution in [0, 0.1) is 0 Å². The molecule has 3 saturated heterocycles. The molecule has 15 heteroatoms. The van der Waals surface area contributed by atoms with Crippen LogP contribution in [0.4, 0.5) is 0 Å². The van der Waals surface area contributed by atoms with Gasteiger partial charge in [-0.3, -0.25) is 0 Å². The molecule has 0 saturated carbocycles. The fraction of sp³-hybridized carbons (Fsp3) is 0.818. The normalized spacial score (nSPS) is 41.9. The Bertz CT molecular complexity index is 1070. The van der Waals surface area contributed by atoms with Gasteiger partial charge in [-0.1, -0.05) is 34.9 Å². The Morgan fingerprint density at radius 1 is 0.562 bits per heavy atom. The average Bonchev–Trinajstić information content (AvgIpc) is 3.06. The molecule has 3 fully saturated rings. The van der Waals surface area contributed by atoms with E-state index in [-0.39, 0.29) is 13.2 Å². The Labute approximate surface area is 281 Å². The van der Waals surface area contributed by atoms with Crippen molar-refractivity contribution in [3.8, 4) is 0 Å². The van der Waals surface area contributed by atoms with Crippen LogP contribution >= 0.6 is 0 Å². The summed E-state index contributed by atoms with van der Waals surface area (Å²) in [5.41, 5.74) is 3.18. The van der Waals surface area contributed by atoms with E-state index in [0.29, 0.717) is 0 Å². The number of hydrogen-bond donors (Lipinski definition) is 9. The van der Waals surface area contributed by atoms with E-state index in [1.807, 2.05) is 26.0 Å². The van der Waals surface area contributed by atoms with Crippen LogP contribution in [0.15, 0.2) is 34.9 Å². The Morgan fingerprint density at radius 2 is 1.04 bits per heavy atom. The summed E-state index contributed by atoms with van der Waals surface area (Å²) in [6, 6.07) is 0. The maximum absolute atomic E-state index is 11.2. The third-order valence-electron chi connectivity index (χ3n) is 9.00. The Hall–Kier alpha value is -1.38. The van der Waals surface area contributed by atoms with E-state index in [0.717, 1.165) is 36.8 Å². The van der Waals surface area contributed by atoms with Gasteiger partial charge in [0.2, 0.25) is 0 Å². The van der Waals surface area contributed by atoms with Gasteiger partial charge in [0.1, 0.15) is 61.0 Å². The highest BCUT2D eigenvalue weighted by Crippen LogP contribution is 2.33. The Kier molecular flexibility index (Phi) is 16.5. The van der Waals surface area contributed by atoms with E-state index in [1.165, 1.54) is 19.4 Å². The molecule has 0 aliphatic carbocycles. The third-order valence-corrected chi connectivity index (χ3v) is 9.00. The van der Waals surface area contributed by atoms with Gasteiger partial charge in [0.15, 0.2) is 18.9 Å². The quantitative estimate of drug-likeness (QED) is 0.0926. The summed E-state index contributed by atoms with van der Waals surface area (Å²) in [4.78, 5) is 0. The van der Waals surface area contributed by atoms with Crippen molar-refractivity contribution in [2.24, 2.45) is 0 Å². The monoisotopic (exact) mass is 692 g/mol. The summed E-state index contributed by atoms with van der Waals surface area (Å²) in [6.07, 6.45) is -12.5. The number of aliphatic hydroxyl groups excluding tert-OH is 9. The van der Waals surface area contributed by atoms with Crippen molar-refractivity contribution in [3.63, 3.8) is 0 Å². The molecule has 48 heavy (non-hydrogen) atoms. The first-order valence-corrected chi connectivity index (χ1v) is 16.5. The molecule has 9 N–H and O–H groups in total. The van der Waals surface area contributed by atoms with Gasteiger partial charge < -0.3 is 74.4 Å². The van der Waals surface area contributed by atoms with Gasteiger partial charge in [-0.2, -0.15) is 0 Å². The maximum atomic E-state index is 11.2.